The molecule has 4 heteroatoms. The second kappa shape index (κ2) is 3.64. The molecule has 0 atom stereocenters. The number of thiocarbonyl (C=S) groups is 1. The van der Waals surface area contributed by atoms with Gasteiger partial charge in [-0.05, 0) is 52.3 Å². The van der Waals surface area contributed by atoms with Crippen molar-refractivity contribution in [2.45, 2.75) is 51.2 Å². The van der Waals surface area contributed by atoms with E-state index in [2.05, 4.69) is 32.6 Å². The fourth-order valence-electron chi connectivity index (χ4n) is 1.06. The minimum Gasteiger partial charge on any atom is -0.200 e. The summed E-state index contributed by atoms with van der Waals surface area (Å²) >= 11 is 4.59. The van der Waals surface area contributed by atoms with Gasteiger partial charge in [-0.2, -0.15) is 15.2 Å². The molecule has 1 aliphatic carbocycles. The monoisotopic (exact) mass is 197 g/mol. The van der Waals surface area contributed by atoms with Crippen LogP contribution in [-0.2, 0) is 0 Å². The van der Waals surface area contributed by atoms with Crippen LogP contribution in [-0.4, -0.2) is 16.4 Å². The van der Waals surface area contributed by atoms with Crippen LogP contribution in [0, 0.1) is 0 Å². The number of aliphatic imine (C=N–C) groups is 1. The van der Waals surface area contributed by atoms with Crippen molar-refractivity contribution in [3.05, 3.63) is 0 Å². The van der Waals surface area contributed by atoms with E-state index in [-0.39, 0.29) is 11.2 Å². The van der Waals surface area contributed by atoms with Crippen LogP contribution in [0.5, 0.6) is 0 Å². The fourth-order valence-corrected chi connectivity index (χ4v) is 1.23. The lowest BCUT2D eigenvalue weighted by atomic mass is 9.86. The first-order valence-corrected chi connectivity index (χ1v) is 4.91. The zero-order valence-electron chi connectivity index (χ0n) is 8.37. The van der Waals surface area contributed by atoms with E-state index in [1.54, 1.807) is 0 Å². The van der Waals surface area contributed by atoms with Gasteiger partial charge in [-0.3, -0.25) is 0 Å². The summed E-state index contributed by atoms with van der Waals surface area (Å²) < 4.78 is 0. The summed E-state index contributed by atoms with van der Waals surface area (Å²) in [5.74, 6) is 0. The Hall–Kier alpha value is -0.600. The molecule has 0 aromatic heterocycles. The maximum atomic E-state index is 4.59. The second-order valence-corrected chi connectivity index (χ2v) is 4.59. The summed E-state index contributed by atoms with van der Waals surface area (Å²) in [4.78, 5) is 4.07. The van der Waals surface area contributed by atoms with Crippen LogP contribution in [0.15, 0.2) is 15.2 Å². The summed E-state index contributed by atoms with van der Waals surface area (Å²) in [5, 5.41) is 10.9. The average molecular weight is 197 g/mol. The van der Waals surface area contributed by atoms with Crippen molar-refractivity contribution in [1.82, 2.24) is 0 Å². The number of azo groups is 1. The largest absolute Gasteiger partial charge is 0.200 e. The predicted molar refractivity (Wildman–Crippen MR) is 56.2 cm³/mol. The number of rotatable bonds is 2. The summed E-state index contributed by atoms with van der Waals surface area (Å²) in [6, 6.07) is 0. The lowest BCUT2D eigenvalue weighted by Crippen LogP contribution is -2.32. The summed E-state index contributed by atoms with van der Waals surface area (Å²) in [5.41, 5.74) is -0.478. The zero-order valence-corrected chi connectivity index (χ0v) is 9.19. The molecule has 0 heterocycles. The van der Waals surface area contributed by atoms with Gasteiger partial charge in [0.2, 0.25) is 0 Å². The number of hydrogen-bond acceptors (Lipinski definition) is 4. The van der Waals surface area contributed by atoms with Gasteiger partial charge in [-0.25, -0.2) is 0 Å². The van der Waals surface area contributed by atoms with Gasteiger partial charge in [0.25, 0.3) is 0 Å². The molecule has 0 bridgehead atoms. The first kappa shape index (κ1) is 10.5. The molecule has 0 radical (unpaired) electrons. The predicted octanol–water partition coefficient (Wildman–Crippen LogP) is 3.22. The average Bonchev–Trinajstić information content (AvgIpc) is 1.92. The van der Waals surface area contributed by atoms with E-state index in [0.29, 0.717) is 0 Å². The minimum absolute atomic E-state index is 0.125. The van der Waals surface area contributed by atoms with Gasteiger partial charge >= 0.3 is 0 Å². The van der Waals surface area contributed by atoms with Crippen molar-refractivity contribution in [2.75, 3.05) is 0 Å². The molecule has 13 heavy (non-hydrogen) atoms. The molecular formula is C9H15N3S. The van der Waals surface area contributed by atoms with Gasteiger partial charge in [0.15, 0.2) is 5.66 Å². The molecular weight excluding hydrogens is 182 g/mol. The maximum Gasteiger partial charge on any atom is 0.180 e. The van der Waals surface area contributed by atoms with Crippen LogP contribution in [0.4, 0.5) is 0 Å². The van der Waals surface area contributed by atoms with Crippen molar-refractivity contribution in [2.24, 2.45) is 15.2 Å². The Morgan fingerprint density at radius 2 is 1.92 bits per heavy atom. The highest BCUT2D eigenvalue weighted by molar-refractivity contribution is 7.78. The first-order valence-electron chi connectivity index (χ1n) is 4.51. The molecule has 0 aliphatic heterocycles. The molecule has 1 aliphatic rings. The fraction of sp³-hybridized carbons (Fsp3) is 0.889. The molecule has 0 aromatic rings. The third-order valence-electron chi connectivity index (χ3n) is 1.94. The molecule has 0 spiro atoms. The molecule has 3 nitrogen and oxygen atoms in total. The van der Waals surface area contributed by atoms with E-state index in [1.165, 1.54) is 0 Å². The van der Waals surface area contributed by atoms with Gasteiger partial charge in [0.05, 0.1) is 10.7 Å². The van der Waals surface area contributed by atoms with Crippen LogP contribution < -0.4 is 0 Å². The molecule has 1 fully saturated rings. The topological polar surface area (TPSA) is 37.1 Å². The van der Waals surface area contributed by atoms with Gasteiger partial charge in [0, 0.05) is 0 Å². The van der Waals surface area contributed by atoms with E-state index in [0.717, 1.165) is 19.3 Å². The minimum atomic E-state index is -0.352. The Labute approximate surface area is 84.4 Å². The molecule has 0 amide bonds. The summed E-state index contributed by atoms with van der Waals surface area (Å²) in [6.07, 6.45) is 3.07. The Bertz CT molecular complexity index is 255. The second-order valence-electron chi connectivity index (χ2n) is 4.41. The van der Waals surface area contributed by atoms with Gasteiger partial charge in [0.1, 0.15) is 0 Å². The van der Waals surface area contributed by atoms with Crippen LogP contribution in [0.1, 0.15) is 40.0 Å². The Kier molecular flexibility index (Phi) is 2.94. The van der Waals surface area contributed by atoms with Crippen molar-refractivity contribution in [3.8, 4) is 0 Å². The third kappa shape index (κ3) is 2.98. The normalized spacial score (nSPS) is 20.8. The van der Waals surface area contributed by atoms with Crippen molar-refractivity contribution >= 4 is 17.4 Å². The van der Waals surface area contributed by atoms with Crippen LogP contribution in [0.3, 0.4) is 0 Å². The van der Waals surface area contributed by atoms with E-state index >= 15 is 0 Å². The molecule has 0 aromatic carbocycles. The van der Waals surface area contributed by atoms with Crippen LogP contribution in [0.25, 0.3) is 0 Å². The summed E-state index contributed by atoms with van der Waals surface area (Å²) in [7, 11) is 0. The molecule has 0 saturated heterocycles. The van der Waals surface area contributed by atoms with E-state index in [4.69, 9.17) is 0 Å². The highest BCUT2D eigenvalue weighted by Crippen LogP contribution is 2.37. The number of nitrogens with zero attached hydrogens (tertiary/aromatic N) is 3. The lowest BCUT2D eigenvalue weighted by Gasteiger charge is -2.32. The van der Waals surface area contributed by atoms with Gasteiger partial charge in [-0.15, -0.1) is 0 Å². The van der Waals surface area contributed by atoms with E-state index in [1.807, 2.05) is 20.8 Å². The third-order valence-corrected chi connectivity index (χ3v) is 2.04. The van der Waals surface area contributed by atoms with Gasteiger partial charge in [-0.1, -0.05) is 0 Å². The molecule has 0 unspecified atom stereocenters. The molecule has 72 valence electrons. The molecule has 0 N–H and O–H groups in total. The van der Waals surface area contributed by atoms with Crippen molar-refractivity contribution < 1.29 is 0 Å². The van der Waals surface area contributed by atoms with Crippen molar-refractivity contribution in [1.29, 1.82) is 0 Å². The zero-order chi connectivity index (χ0) is 9.95. The number of hydrogen-bond donors (Lipinski definition) is 0. The summed E-state index contributed by atoms with van der Waals surface area (Å²) in [6.45, 7) is 6.05. The van der Waals surface area contributed by atoms with Crippen LogP contribution in [0.2, 0.25) is 0 Å². The molecule has 1 saturated carbocycles. The highest BCUT2D eigenvalue weighted by Gasteiger charge is 2.37. The lowest BCUT2D eigenvalue weighted by molar-refractivity contribution is 0.244. The quantitative estimate of drug-likeness (QED) is 0.380. The van der Waals surface area contributed by atoms with Crippen molar-refractivity contribution in [3.63, 3.8) is 0 Å². The maximum absolute atomic E-state index is 4.59. The highest BCUT2D eigenvalue weighted by atomic mass is 32.1. The molecule has 1 rings (SSSR count). The Balaban J connectivity index is 2.69. The Morgan fingerprint density at radius 3 is 2.23 bits per heavy atom. The Morgan fingerprint density at radius 1 is 1.31 bits per heavy atom. The number of isothiocyanates is 1. The smallest absolute Gasteiger partial charge is 0.180 e. The van der Waals surface area contributed by atoms with Gasteiger partial charge < -0.3 is 0 Å². The SMILES string of the molecule is CC(C)(C)N=NC1(N=C=S)CCC1. The van der Waals surface area contributed by atoms with Crippen LogP contribution >= 0.6 is 12.2 Å². The van der Waals surface area contributed by atoms with E-state index < -0.39 is 0 Å². The van der Waals surface area contributed by atoms with E-state index in [9.17, 15) is 0 Å². The standard InChI is InChI=1S/C9H15N3S/c1-8(2,3)11-12-9(10-7-13)5-4-6-9/h4-6H2,1-3H3. The first-order chi connectivity index (χ1) is 5.97.